The monoisotopic (exact) mass is 243 g/mol. The Balaban J connectivity index is 1.58. The van der Waals surface area contributed by atoms with Crippen molar-refractivity contribution in [2.24, 2.45) is 5.92 Å². The summed E-state index contributed by atoms with van der Waals surface area (Å²) in [6.07, 6.45) is 3.17. The molecule has 0 aromatic heterocycles. The number of hydrogen-bond acceptors (Lipinski definition) is 4. The van der Waals surface area contributed by atoms with Crippen LogP contribution in [0.3, 0.4) is 0 Å². The molecule has 0 bridgehead atoms. The number of ether oxygens (including phenoxy) is 2. The summed E-state index contributed by atoms with van der Waals surface area (Å²) in [4.78, 5) is 10.7. The lowest BCUT2D eigenvalue weighted by molar-refractivity contribution is -0.150. The lowest BCUT2D eigenvalue weighted by Crippen LogP contribution is -2.33. The number of piperidine rings is 1. The van der Waals surface area contributed by atoms with E-state index in [4.69, 9.17) is 14.6 Å². The second-order valence-corrected chi connectivity index (χ2v) is 4.91. The topological polar surface area (TPSA) is 67.8 Å². The van der Waals surface area contributed by atoms with E-state index in [1.54, 1.807) is 0 Å². The molecule has 0 aromatic carbocycles. The Hall–Kier alpha value is -0.650. The van der Waals surface area contributed by atoms with Crippen LogP contribution in [-0.4, -0.2) is 49.6 Å². The number of carboxylic acids is 1. The first-order valence-corrected chi connectivity index (χ1v) is 6.42. The van der Waals surface area contributed by atoms with E-state index in [1.165, 1.54) is 12.8 Å². The van der Waals surface area contributed by atoms with Gasteiger partial charge in [0.15, 0.2) is 6.10 Å². The highest BCUT2D eigenvalue weighted by Gasteiger charge is 2.30. The Morgan fingerprint density at radius 1 is 1.35 bits per heavy atom. The molecule has 2 aliphatic rings. The predicted octanol–water partition coefficient (Wildman–Crippen LogP) is 0.635. The van der Waals surface area contributed by atoms with Gasteiger partial charge in [-0.2, -0.15) is 0 Å². The quantitative estimate of drug-likeness (QED) is 0.741. The molecule has 2 rings (SSSR count). The summed E-state index contributed by atoms with van der Waals surface area (Å²) in [5.74, 6) is -0.260. The van der Waals surface area contributed by atoms with E-state index in [1.807, 2.05) is 0 Å². The van der Waals surface area contributed by atoms with Gasteiger partial charge in [-0.15, -0.1) is 0 Å². The predicted molar refractivity (Wildman–Crippen MR) is 61.9 cm³/mol. The summed E-state index contributed by atoms with van der Waals surface area (Å²) in [6.45, 7) is 3.43. The molecule has 5 nitrogen and oxygen atoms in total. The molecular formula is C12H21NO4. The van der Waals surface area contributed by atoms with Gasteiger partial charge in [0.1, 0.15) is 0 Å². The van der Waals surface area contributed by atoms with Gasteiger partial charge in [-0.3, -0.25) is 0 Å². The number of carbonyl (C=O) groups is 1. The van der Waals surface area contributed by atoms with Crippen LogP contribution in [0, 0.1) is 5.92 Å². The molecule has 17 heavy (non-hydrogen) atoms. The zero-order valence-corrected chi connectivity index (χ0v) is 10.1. The Kier molecular flexibility index (Phi) is 4.76. The van der Waals surface area contributed by atoms with Crippen LogP contribution in [-0.2, 0) is 14.3 Å². The average molecular weight is 243 g/mol. The summed E-state index contributed by atoms with van der Waals surface area (Å²) in [7, 11) is 0. The van der Waals surface area contributed by atoms with Gasteiger partial charge in [0.05, 0.1) is 19.3 Å². The van der Waals surface area contributed by atoms with Gasteiger partial charge in [-0.1, -0.05) is 0 Å². The molecule has 2 heterocycles. The van der Waals surface area contributed by atoms with Crippen molar-refractivity contribution < 1.29 is 19.4 Å². The second-order valence-electron chi connectivity index (χ2n) is 4.91. The van der Waals surface area contributed by atoms with Crippen molar-refractivity contribution in [2.75, 3.05) is 26.3 Å². The highest BCUT2D eigenvalue weighted by Crippen LogP contribution is 2.20. The third-order valence-corrected chi connectivity index (χ3v) is 3.44. The molecular weight excluding hydrogens is 222 g/mol. The van der Waals surface area contributed by atoms with Crippen molar-refractivity contribution in [1.82, 2.24) is 5.32 Å². The van der Waals surface area contributed by atoms with Crippen LogP contribution in [0.1, 0.15) is 25.7 Å². The molecule has 5 heteroatoms. The van der Waals surface area contributed by atoms with Gasteiger partial charge in [-0.05, 0) is 38.1 Å². The number of aliphatic carboxylic acids is 1. The Morgan fingerprint density at radius 3 is 2.88 bits per heavy atom. The Morgan fingerprint density at radius 2 is 2.24 bits per heavy atom. The highest BCUT2D eigenvalue weighted by atomic mass is 16.6. The van der Waals surface area contributed by atoms with Gasteiger partial charge in [0.25, 0.3) is 0 Å². The van der Waals surface area contributed by atoms with Gasteiger partial charge >= 0.3 is 5.97 Å². The fraction of sp³-hybridized carbons (Fsp3) is 0.917. The van der Waals surface area contributed by atoms with Crippen molar-refractivity contribution in [3.8, 4) is 0 Å². The largest absolute Gasteiger partial charge is 0.479 e. The zero-order chi connectivity index (χ0) is 12.1. The first-order chi connectivity index (χ1) is 8.25. The highest BCUT2D eigenvalue weighted by molar-refractivity contribution is 5.72. The number of nitrogens with one attached hydrogen (secondary N) is 1. The minimum Gasteiger partial charge on any atom is -0.479 e. The smallest absolute Gasteiger partial charge is 0.332 e. The van der Waals surface area contributed by atoms with E-state index in [0.717, 1.165) is 26.1 Å². The number of carboxylic acid groups (broad SMARTS) is 1. The van der Waals surface area contributed by atoms with Crippen LogP contribution in [0.15, 0.2) is 0 Å². The summed E-state index contributed by atoms with van der Waals surface area (Å²) in [5, 5.41) is 12.1. The van der Waals surface area contributed by atoms with Crippen molar-refractivity contribution in [1.29, 1.82) is 0 Å². The van der Waals surface area contributed by atoms with Crippen LogP contribution < -0.4 is 5.32 Å². The Labute approximate surface area is 101 Å². The van der Waals surface area contributed by atoms with E-state index >= 15 is 0 Å². The maximum absolute atomic E-state index is 10.7. The minimum absolute atomic E-state index is 0.0346. The molecule has 0 spiro atoms. The van der Waals surface area contributed by atoms with Crippen LogP contribution >= 0.6 is 0 Å². The number of hydrogen-bond donors (Lipinski definition) is 2. The molecule has 0 radical (unpaired) electrons. The van der Waals surface area contributed by atoms with Gasteiger partial charge in [-0.25, -0.2) is 4.79 Å². The van der Waals surface area contributed by atoms with E-state index in [-0.39, 0.29) is 6.10 Å². The molecule has 98 valence electrons. The molecule has 0 saturated carbocycles. The van der Waals surface area contributed by atoms with Crippen LogP contribution in [0.2, 0.25) is 0 Å². The molecule has 0 aliphatic carbocycles. The van der Waals surface area contributed by atoms with Crippen molar-refractivity contribution in [2.45, 2.75) is 37.9 Å². The average Bonchev–Trinajstić information content (AvgIpc) is 2.79. The lowest BCUT2D eigenvalue weighted by atomic mass is 10.0. The maximum atomic E-state index is 10.7. The van der Waals surface area contributed by atoms with Gasteiger partial charge in [0, 0.05) is 6.54 Å². The fourth-order valence-corrected chi connectivity index (χ4v) is 2.44. The second kappa shape index (κ2) is 6.33. The third kappa shape index (κ3) is 3.94. The van der Waals surface area contributed by atoms with Gasteiger partial charge < -0.3 is 19.9 Å². The molecule has 0 amide bonds. The molecule has 2 fully saturated rings. The summed E-state index contributed by atoms with van der Waals surface area (Å²) < 4.78 is 11.0. The van der Waals surface area contributed by atoms with Crippen LogP contribution in [0.25, 0.3) is 0 Å². The molecule has 2 aliphatic heterocycles. The van der Waals surface area contributed by atoms with E-state index in [2.05, 4.69) is 5.32 Å². The fourth-order valence-electron chi connectivity index (χ4n) is 2.44. The molecule has 2 saturated heterocycles. The number of rotatable bonds is 5. The van der Waals surface area contributed by atoms with Crippen LogP contribution in [0.4, 0.5) is 0 Å². The summed E-state index contributed by atoms with van der Waals surface area (Å²) in [6, 6.07) is 0. The molecule has 3 unspecified atom stereocenters. The summed E-state index contributed by atoms with van der Waals surface area (Å²) in [5.41, 5.74) is 0. The van der Waals surface area contributed by atoms with E-state index in [0.29, 0.717) is 18.9 Å². The molecule has 3 atom stereocenters. The standard InChI is InChI=1S/C12H21NO4/c14-12(15)11-4-3-10(17-11)8-16-7-9-2-1-5-13-6-9/h9-11,13H,1-8H2,(H,14,15). The third-order valence-electron chi connectivity index (χ3n) is 3.44. The van der Waals surface area contributed by atoms with Crippen molar-refractivity contribution >= 4 is 5.97 Å². The van der Waals surface area contributed by atoms with Gasteiger partial charge in [0.2, 0.25) is 0 Å². The van der Waals surface area contributed by atoms with Crippen molar-refractivity contribution in [3.63, 3.8) is 0 Å². The van der Waals surface area contributed by atoms with E-state index < -0.39 is 12.1 Å². The summed E-state index contributed by atoms with van der Waals surface area (Å²) >= 11 is 0. The first kappa shape index (κ1) is 12.8. The van der Waals surface area contributed by atoms with Crippen LogP contribution in [0.5, 0.6) is 0 Å². The molecule has 0 aromatic rings. The maximum Gasteiger partial charge on any atom is 0.332 e. The lowest BCUT2D eigenvalue weighted by Gasteiger charge is -2.23. The minimum atomic E-state index is -0.857. The van der Waals surface area contributed by atoms with E-state index in [9.17, 15) is 4.79 Å². The molecule has 2 N–H and O–H groups in total. The Bertz CT molecular complexity index is 253. The first-order valence-electron chi connectivity index (χ1n) is 6.42. The normalized spacial score (nSPS) is 33.8. The SMILES string of the molecule is O=C(O)C1CCC(COCC2CCCNC2)O1. The van der Waals surface area contributed by atoms with Crippen molar-refractivity contribution in [3.05, 3.63) is 0 Å². The zero-order valence-electron chi connectivity index (χ0n) is 10.1.